The van der Waals surface area contributed by atoms with Gasteiger partial charge in [-0.05, 0) is 63.5 Å². The van der Waals surface area contributed by atoms with Gasteiger partial charge in [0.1, 0.15) is 11.3 Å². The van der Waals surface area contributed by atoms with Crippen LogP contribution < -0.4 is 19.5 Å². The molecule has 2 aromatic carbocycles. The van der Waals surface area contributed by atoms with Crippen molar-refractivity contribution in [2.45, 2.75) is 40.2 Å². The molecule has 7 nitrogen and oxygen atoms in total. The molecule has 1 N–H and O–H groups in total. The quantitative estimate of drug-likeness (QED) is 0.258. The molecule has 35 heavy (non-hydrogen) atoms. The lowest BCUT2D eigenvalue weighted by Gasteiger charge is -2.12. The monoisotopic (exact) mass is 481 g/mol. The molecule has 188 valence electrons. The molecule has 3 aromatic rings. The van der Waals surface area contributed by atoms with E-state index in [-0.39, 0.29) is 12.0 Å². The van der Waals surface area contributed by atoms with E-state index in [1.807, 2.05) is 58.0 Å². The molecule has 1 heterocycles. The first kappa shape index (κ1) is 26.2. The summed E-state index contributed by atoms with van der Waals surface area (Å²) >= 11 is 0. The number of carbonyl (C=O) groups is 1. The average Bonchev–Trinajstić information content (AvgIpc) is 3.25. The molecular formula is C28H35NO6. The number of hydrogen-bond donors (Lipinski definition) is 1. The smallest absolute Gasteiger partial charge is 0.244 e. The van der Waals surface area contributed by atoms with Gasteiger partial charge in [0, 0.05) is 41.8 Å². The van der Waals surface area contributed by atoms with Gasteiger partial charge in [0.25, 0.3) is 0 Å². The average molecular weight is 482 g/mol. The second-order valence-corrected chi connectivity index (χ2v) is 8.39. The largest absolute Gasteiger partial charge is 0.493 e. The molecule has 0 fully saturated rings. The van der Waals surface area contributed by atoms with Gasteiger partial charge in [-0.2, -0.15) is 0 Å². The van der Waals surface area contributed by atoms with Crippen LogP contribution in [0.5, 0.6) is 17.2 Å². The maximum atomic E-state index is 12.5. The minimum Gasteiger partial charge on any atom is -0.493 e. The summed E-state index contributed by atoms with van der Waals surface area (Å²) in [4.78, 5) is 12.5. The Morgan fingerprint density at radius 1 is 1.09 bits per heavy atom. The van der Waals surface area contributed by atoms with Gasteiger partial charge in [0.2, 0.25) is 5.91 Å². The van der Waals surface area contributed by atoms with Gasteiger partial charge < -0.3 is 28.7 Å². The van der Waals surface area contributed by atoms with E-state index < -0.39 is 0 Å². The van der Waals surface area contributed by atoms with E-state index in [0.29, 0.717) is 42.6 Å². The van der Waals surface area contributed by atoms with Crippen LogP contribution in [0.25, 0.3) is 27.7 Å². The molecule has 0 radical (unpaired) electrons. The summed E-state index contributed by atoms with van der Waals surface area (Å²) in [5.41, 5.74) is 4.17. The van der Waals surface area contributed by atoms with Crippen molar-refractivity contribution in [2.24, 2.45) is 0 Å². The Hall–Kier alpha value is -3.45. The highest BCUT2D eigenvalue weighted by molar-refractivity contribution is 6.00. The van der Waals surface area contributed by atoms with Crippen LogP contribution in [0.15, 0.2) is 47.1 Å². The number of rotatable bonds is 12. The number of carbonyl (C=O) groups excluding carboxylic acids is 1. The molecule has 0 aliphatic heterocycles. The molecule has 0 bridgehead atoms. The third-order valence-electron chi connectivity index (χ3n) is 5.51. The van der Waals surface area contributed by atoms with Crippen molar-refractivity contribution in [1.29, 1.82) is 0 Å². The molecule has 0 atom stereocenters. The van der Waals surface area contributed by atoms with Crippen molar-refractivity contribution < 1.29 is 28.2 Å². The molecule has 3 rings (SSSR count). The Bertz CT molecular complexity index is 1180. The van der Waals surface area contributed by atoms with Crippen LogP contribution in [0.1, 0.15) is 39.7 Å². The fourth-order valence-corrected chi connectivity index (χ4v) is 3.79. The molecule has 7 heteroatoms. The molecule has 0 saturated carbocycles. The second-order valence-electron chi connectivity index (χ2n) is 8.39. The number of fused-ring (bicyclic) bond motifs is 1. The fraction of sp³-hybridized carbons (Fsp3) is 0.393. The van der Waals surface area contributed by atoms with E-state index in [0.717, 1.165) is 34.1 Å². The molecule has 0 aliphatic carbocycles. The van der Waals surface area contributed by atoms with Crippen LogP contribution in [0.4, 0.5) is 0 Å². The van der Waals surface area contributed by atoms with Crippen LogP contribution in [0.3, 0.4) is 0 Å². The Morgan fingerprint density at radius 2 is 1.86 bits per heavy atom. The van der Waals surface area contributed by atoms with Crippen LogP contribution >= 0.6 is 0 Å². The number of benzene rings is 2. The number of furan rings is 1. The topological polar surface area (TPSA) is 79.2 Å². The molecule has 1 aromatic heterocycles. The summed E-state index contributed by atoms with van der Waals surface area (Å²) in [6.07, 6.45) is 4.27. The fourth-order valence-electron chi connectivity index (χ4n) is 3.79. The molecule has 0 saturated heterocycles. The molecular weight excluding hydrogens is 446 g/mol. The minimum absolute atomic E-state index is 0.151. The summed E-state index contributed by atoms with van der Waals surface area (Å²) in [5, 5.41) is 3.83. The predicted octanol–water partition coefficient (Wildman–Crippen LogP) is 5.85. The van der Waals surface area contributed by atoms with E-state index in [2.05, 4.69) is 5.32 Å². The summed E-state index contributed by atoms with van der Waals surface area (Å²) in [5.74, 6) is 1.81. The van der Waals surface area contributed by atoms with E-state index >= 15 is 0 Å². The van der Waals surface area contributed by atoms with Crippen LogP contribution in [0.2, 0.25) is 0 Å². The van der Waals surface area contributed by atoms with Gasteiger partial charge in [-0.1, -0.05) is 6.07 Å². The standard InChI is InChI=1S/C28H35NO6/c1-7-33-25-16-26-22(23(17-35-26)20-9-10-24(31-5)27(14-20)32-6)15-21(25)19(4)13-28(30)29-11-8-12-34-18(2)3/h9-10,13-18H,7-8,11-12H2,1-6H3,(H,29,30)/b19-13+. The Kier molecular flexibility index (Phi) is 9.20. The number of allylic oxidation sites excluding steroid dienone is 1. The van der Waals surface area contributed by atoms with E-state index in [1.165, 1.54) is 0 Å². The zero-order chi connectivity index (χ0) is 25.4. The van der Waals surface area contributed by atoms with E-state index in [4.69, 9.17) is 23.4 Å². The maximum Gasteiger partial charge on any atom is 0.244 e. The number of methoxy groups -OCH3 is 2. The Labute approximate surface area is 207 Å². The number of amides is 1. The molecule has 0 spiro atoms. The first-order valence-corrected chi connectivity index (χ1v) is 11.9. The highest BCUT2D eigenvalue weighted by atomic mass is 16.5. The van der Waals surface area contributed by atoms with Crippen molar-refractivity contribution in [2.75, 3.05) is 34.0 Å². The molecule has 0 unspecified atom stereocenters. The van der Waals surface area contributed by atoms with Gasteiger partial charge in [0.05, 0.1) is 33.2 Å². The predicted molar refractivity (Wildman–Crippen MR) is 138 cm³/mol. The molecule has 1 amide bonds. The van der Waals surface area contributed by atoms with Crippen LogP contribution in [-0.4, -0.2) is 46.0 Å². The second kappa shape index (κ2) is 12.3. The van der Waals surface area contributed by atoms with Crippen molar-refractivity contribution in [3.05, 3.63) is 48.2 Å². The van der Waals surface area contributed by atoms with Crippen molar-refractivity contribution in [3.63, 3.8) is 0 Å². The van der Waals surface area contributed by atoms with Gasteiger partial charge in [-0.15, -0.1) is 0 Å². The zero-order valence-corrected chi connectivity index (χ0v) is 21.4. The van der Waals surface area contributed by atoms with Gasteiger partial charge in [-0.3, -0.25) is 4.79 Å². The summed E-state index contributed by atoms with van der Waals surface area (Å²) in [6, 6.07) is 9.62. The first-order valence-electron chi connectivity index (χ1n) is 11.9. The first-order chi connectivity index (χ1) is 16.9. The number of nitrogens with one attached hydrogen (secondary N) is 1. The van der Waals surface area contributed by atoms with Crippen LogP contribution in [-0.2, 0) is 9.53 Å². The molecule has 0 aliphatic rings. The van der Waals surface area contributed by atoms with Gasteiger partial charge >= 0.3 is 0 Å². The maximum absolute atomic E-state index is 12.5. The lowest BCUT2D eigenvalue weighted by Crippen LogP contribution is -2.23. The normalized spacial score (nSPS) is 11.7. The summed E-state index contributed by atoms with van der Waals surface area (Å²) in [7, 11) is 3.22. The Morgan fingerprint density at radius 3 is 2.54 bits per heavy atom. The lowest BCUT2D eigenvalue weighted by atomic mass is 9.99. The van der Waals surface area contributed by atoms with Crippen LogP contribution in [0, 0.1) is 0 Å². The third kappa shape index (κ3) is 6.57. The third-order valence-corrected chi connectivity index (χ3v) is 5.51. The number of hydrogen-bond acceptors (Lipinski definition) is 6. The highest BCUT2D eigenvalue weighted by Crippen LogP contribution is 2.40. The lowest BCUT2D eigenvalue weighted by molar-refractivity contribution is -0.116. The SMILES string of the molecule is CCOc1cc2occ(-c3ccc(OC)c(OC)c3)c2cc1/C(C)=C/C(=O)NCCCOC(C)C. The van der Waals surface area contributed by atoms with Crippen molar-refractivity contribution >= 4 is 22.4 Å². The van der Waals surface area contributed by atoms with Crippen molar-refractivity contribution in [3.8, 4) is 28.4 Å². The summed E-state index contributed by atoms with van der Waals surface area (Å²) in [6.45, 7) is 9.49. The van der Waals surface area contributed by atoms with Gasteiger partial charge in [-0.25, -0.2) is 0 Å². The number of ether oxygens (including phenoxy) is 4. The van der Waals surface area contributed by atoms with E-state index in [1.54, 1.807) is 26.6 Å². The Balaban J connectivity index is 1.91. The summed E-state index contributed by atoms with van der Waals surface area (Å²) < 4.78 is 28.1. The zero-order valence-electron chi connectivity index (χ0n) is 21.4. The van der Waals surface area contributed by atoms with E-state index in [9.17, 15) is 4.79 Å². The van der Waals surface area contributed by atoms with Crippen molar-refractivity contribution in [1.82, 2.24) is 5.32 Å². The minimum atomic E-state index is -0.151. The van der Waals surface area contributed by atoms with Gasteiger partial charge in [0.15, 0.2) is 11.5 Å². The highest BCUT2D eigenvalue weighted by Gasteiger charge is 2.16.